The molecule has 0 amide bonds. The van der Waals surface area contributed by atoms with E-state index in [1.165, 1.54) is 19.2 Å². The van der Waals surface area contributed by atoms with Crippen molar-refractivity contribution in [2.45, 2.75) is 31.2 Å². The van der Waals surface area contributed by atoms with Gasteiger partial charge in [-0.1, -0.05) is 36.2 Å². The van der Waals surface area contributed by atoms with Gasteiger partial charge in [-0.3, -0.25) is 4.79 Å². The molecule has 0 radical (unpaired) electrons. The molecule has 5 nitrogen and oxygen atoms in total. The number of methoxy groups -OCH3 is 1. The molecule has 0 saturated heterocycles. The summed E-state index contributed by atoms with van der Waals surface area (Å²) >= 11 is 3.24. The standard InChI is InChI=1S/C13H18BrNO4S/c1-4-9(2)12(13(16)19-3)15-20(17,18)11-7-5-10(14)6-8-11/h5-9,12,15H,4H2,1-3H3/t9-,12-/m1/s1. The molecule has 0 fully saturated rings. The largest absolute Gasteiger partial charge is 0.468 e. The monoisotopic (exact) mass is 363 g/mol. The zero-order valence-corrected chi connectivity index (χ0v) is 14.0. The van der Waals surface area contributed by atoms with E-state index in [0.29, 0.717) is 6.42 Å². The average molecular weight is 364 g/mol. The number of hydrogen-bond donors (Lipinski definition) is 1. The second kappa shape index (κ2) is 7.19. The molecule has 1 N–H and O–H groups in total. The molecule has 0 saturated carbocycles. The molecule has 7 heteroatoms. The molecule has 0 heterocycles. The summed E-state index contributed by atoms with van der Waals surface area (Å²) in [6, 6.07) is 5.31. The predicted octanol–water partition coefficient (Wildman–Crippen LogP) is 2.32. The maximum atomic E-state index is 12.3. The predicted molar refractivity (Wildman–Crippen MR) is 79.7 cm³/mol. The molecule has 1 aromatic rings. The number of sulfonamides is 1. The zero-order chi connectivity index (χ0) is 15.3. The molecule has 0 aliphatic carbocycles. The van der Waals surface area contributed by atoms with E-state index in [1.807, 2.05) is 6.92 Å². The summed E-state index contributed by atoms with van der Waals surface area (Å²) in [6.07, 6.45) is 0.655. The van der Waals surface area contributed by atoms with Gasteiger partial charge in [0, 0.05) is 4.47 Å². The molecule has 20 heavy (non-hydrogen) atoms. The Balaban J connectivity index is 3.02. The number of carbonyl (C=O) groups excluding carboxylic acids is 1. The Hall–Kier alpha value is -0.920. The number of carbonyl (C=O) groups is 1. The van der Waals surface area contributed by atoms with Crippen molar-refractivity contribution in [2.75, 3.05) is 7.11 Å². The van der Waals surface area contributed by atoms with Gasteiger partial charge in [-0.15, -0.1) is 0 Å². The van der Waals surface area contributed by atoms with Crippen molar-refractivity contribution in [2.24, 2.45) is 5.92 Å². The van der Waals surface area contributed by atoms with Gasteiger partial charge in [0.1, 0.15) is 6.04 Å². The molecular formula is C13H18BrNO4S. The maximum Gasteiger partial charge on any atom is 0.324 e. The lowest BCUT2D eigenvalue weighted by molar-refractivity contribution is -0.143. The summed E-state index contributed by atoms with van der Waals surface area (Å²) in [4.78, 5) is 11.8. The first-order valence-electron chi connectivity index (χ1n) is 6.17. The summed E-state index contributed by atoms with van der Waals surface area (Å²) in [5.41, 5.74) is 0. The molecule has 0 aromatic heterocycles. The highest BCUT2D eigenvalue weighted by atomic mass is 79.9. The minimum absolute atomic E-state index is 0.109. The van der Waals surface area contributed by atoms with Crippen LogP contribution in [0.1, 0.15) is 20.3 Å². The first-order valence-corrected chi connectivity index (χ1v) is 8.45. The van der Waals surface area contributed by atoms with E-state index in [0.717, 1.165) is 4.47 Å². The van der Waals surface area contributed by atoms with Crippen LogP contribution in [0.15, 0.2) is 33.6 Å². The van der Waals surface area contributed by atoms with Crippen LogP contribution in [0.3, 0.4) is 0 Å². The number of hydrogen-bond acceptors (Lipinski definition) is 4. The summed E-state index contributed by atoms with van der Waals surface area (Å²) in [5.74, 6) is -0.743. The third-order valence-electron chi connectivity index (χ3n) is 3.07. The van der Waals surface area contributed by atoms with Crippen LogP contribution in [0.25, 0.3) is 0 Å². The van der Waals surface area contributed by atoms with Crippen molar-refractivity contribution in [3.8, 4) is 0 Å². The van der Waals surface area contributed by atoms with E-state index in [9.17, 15) is 13.2 Å². The number of nitrogens with one attached hydrogen (secondary N) is 1. The van der Waals surface area contributed by atoms with Crippen molar-refractivity contribution in [1.29, 1.82) is 0 Å². The first-order chi connectivity index (χ1) is 9.31. The van der Waals surface area contributed by atoms with E-state index < -0.39 is 22.0 Å². The van der Waals surface area contributed by atoms with Gasteiger partial charge < -0.3 is 4.74 Å². The van der Waals surface area contributed by atoms with E-state index in [4.69, 9.17) is 0 Å². The molecule has 0 unspecified atom stereocenters. The molecule has 1 rings (SSSR count). The maximum absolute atomic E-state index is 12.3. The lowest BCUT2D eigenvalue weighted by Gasteiger charge is -2.21. The third-order valence-corrected chi connectivity index (χ3v) is 5.06. The fraction of sp³-hybridized carbons (Fsp3) is 0.462. The Morgan fingerprint density at radius 1 is 1.35 bits per heavy atom. The molecule has 2 atom stereocenters. The van der Waals surface area contributed by atoms with Crippen molar-refractivity contribution < 1.29 is 17.9 Å². The molecule has 1 aromatic carbocycles. The van der Waals surface area contributed by atoms with Gasteiger partial charge in [0.05, 0.1) is 12.0 Å². The van der Waals surface area contributed by atoms with Gasteiger partial charge in [0.25, 0.3) is 0 Å². The van der Waals surface area contributed by atoms with Crippen molar-refractivity contribution >= 4 is 31.9 Å². The van der Waals surface area contributed by atoms with Crippen LogP contribution in [0.4, 0.5) is 0 Å². The van der Waals surface area contributed by atoms with Gasteiger partial charge in [-0.05, 0) is 30.2 Å². The molecule has 0 aliphatic heterocycles. The van der Waals surface area contributed by atoms with Crippen LogP contribution in [0.2, 0.25) is 0 Å². The molecule has 0 spiro atoms. The zero-order valence-electron chi connectivity index (χ0n) is 11.6. The molecule has 0 bridgehead atoms. The normalized spacial score (nSPS) is 14.6. The van der Waals surface area contributed by atoms with Crippen LogP contribution in [-0.4, -0.2) is 27.5 Å². The average Bonchev–Trinajstić information content (AvgIpc) is 2.43. The summed E-state index contributed by atoms with van der Waals surface area (Å²) < 4.78 is 32.4. The van der Waals surface area contributed by atoms with Crippen LogP contribution < -0.4 is 4.72 Å². The van der Waals surface area contributed by atoms with Gasteiger partial charge in [0.2, 0.25) is 10.0 Å². The van der Waals surface area contributed by atoms with E-state index >= 15 is 0 Å². The topological polar surface area (TPSA) is 72.5 Å². The Kier molecular flexibility index (Phi) is 6.16. The highest BCUT2D eigenvalue weighted by Gasteiger charge is 2.30. The lowest BCUT2D eigenvalue weighted by atomic mass is 10.0. The molecule has 112 valence electrons. The second-order valence-corrected chi connectivity index (χ2v) is 7.09. The van der Waals surface area contributed by atoms with Crippen molar-refractivity contribution in [1.82, 2.24) is 4.72 Å². The van der Waals surface area contributed by atoms with Gasteiger partial charge in [-0.2, -0.15) is 4.72 Å². The third kappa shape index (κ3) is 4.29. The van der Waals surface area contributed by atoms with E-state index in [2.05, 4.69) is 25.4 Å². The van der Waals surface area contributed by atoms with E-state index in [-0.39, 0.29) is 10.8 Å². The highest BCUT2D eigenvalue weighted by Crippen LogP contribution is 2.17. The Morgan fingerprint density at radius 3 is 2.35 bits per heavy atom. The highest BCUT2D eigenvalue weighted by molar-refractivity contribution is 9.10. The van der Waals surface area contributed by atoms with Crippen LogP contribution >= 0.6 is 15.9 Å². The molecule has 0 aliphatic rings. The summed E-state index contributed by atoms with van der Waals surface area (Å²) in [7, 11) is -2.52. The van der Waals surface area contributed by atoms with E-state index in [1.54, 1.807) is 19.1 Å². The Bertz CT molecular complexity index is 556. The first kappa shape index (κ1) is 17.1. The fourth-order valence-corrected chi connectivity index (χ4v) is 3.17. The smallest absolute Gasteiger partial charge is 0.324 e. The Labute approximate surface area is 127 Å². The summed E-state index contributed by atoms with van der Waals surface area (Å²) in [6.45, 7) is 3.68. The number of benzene rings is 1. The summed E-state index contributed by atoms with van der Waals surface area (Å²) in [5, 5.41) is 0. The van der Waals surface area contributed by atoms with Crippen molar-refractivity contribution in [3.05, 3.63) is 28.7 Å². The minimum atomic E-state index is -3.76. The lowest BCUT2D eigenvalue weighted by Crippen LogP contribution is -2.45. The van der Waals surface area contributed by atoms with Gasteiger partial charge >= 0.3 is 5.97 Å². The van der Waals surface area contributed by atoms with Crippen LogP contribution in [0, 0.1) is 5.92 Å². The second-order valence-electron chi connectivity index (χ2n) is 4.46. The molecular weight excluding hydrogens is 346 g/mol. The van der Waals surface area contributed by atoms with Crippen LogP contribution in [-0.2, 0) is 19.6 Å². The van der Waals surface area contributed by atoms with Gasteiger partial charge in [-0.25, -0.2) is 8.42 Å². The fourth-order valence-electron chi connectivity index (χ4n) is 1.61. The number of rotatable bonds is 6. The number of halogens is 1. The number of esters is 1. The SMILES string of the molecule is CC[C@@H](C)[C@@H](NS(=O)(=O)c1ccc(Br)cc1)C(=O)OC. The van der Waals surface area contributed by atoms with Crippen molar-refractivity contribution in [3.63, 3.8) is 0 Å². The Morgan fingerprint density at radius 2 is 1.90 bits per heavy atom. The quantitative estimate of drug-likeness (QED) is 0.787. The minimum Gasteiger partial charge on any atom is -0.468 e. The van der Waals surface area contributed by atoms with Gasteiger partial charge in [0.15, 0.2) is 0 Å². The van der Waals surface area contributed by atoms with Crippen LogP contribution in [0.5, 0.6) is 0 Å². The number of ether oxygens (including phenoxy) is 1.